The van der Waals surface area contributed by atoms with Crippen LogP contribution in [0.15, 0.2) is 48.5 Å². The maximum absolute atomic E-state index is 5.74. The molecule has 4 rings (SSSR count). The molecule has 0 amide bonds. The zero-order valence-electron chi connectivity index (χ0n) is 12.9. The summed E-state index contributed by atoms with van der Waals surface area (Å²) in [7, 11) is 0. The van der Waals surface area contributed by atoms with E-state index < -0.39 is 0 Å². The van der Waals surface area contributed by atoms with Crippen LogP contribution in [0, 0.1) is 0 Å². The van der Waals surface area contributed by atoms with Gasteiger partial charge in [-0.15, -0.1) is 0 Å². The van der Waals surface area contributed by atoms with Crippen LogP contribution in [-0.2, 0) is 15.9 Å². The lowest BCUT2D eigenvalue weighted by molar-refractivity contribution is 0.262. The molecule has 0 spiro atoms. The fraction of sp³-hybridized carbons (Fsp3) is 0.368. The maximum Gasteiger partial charge on any atom is 0.119 e. The molecule has 0 aliphatic carbocycles. The van der Waals surface area contributed by atoms with Gasteiger partial charge >= 0.3 is 0 Å². The Kier molecular flexibility index (Phi) is 4.18. The summed E-state index contributed by atoms with van der Waals surface area (Å²) in [5.74, 6) is 1.80. The van der Waals surface area contributed by atoms with Crippen molar-refractivity contribution < 1.29 is 18.9 Å². The van der Waals surface area contributed by atoms with E-state index in [9.17, 15) is 0 Å². The van der Waals surface area contributed by atoms with E-state index in [2.05, 4.69) is 24.3 Å². The zero-order chi connectivity index (χ0) is 15.5. The molecule has 0 bridgehead atoms. The van der Waals surface area contributed by atoms with Crippen molar-refractivity contribution in [3.05, 3.63) is 59.7 Å². The van der Waals surface area contributed by atoms with Gasteiger partial charge in [0.2, 0.25) is 0 Å². The average molecular weight is 312 g/mol. The number of hydrogen-bond acceptors (Lipinski definition) is 4. The van der Waals surface area contributed by atoms with Crippen LogP contribution in [0.4, 0.5) is 0 Å². The van der Waals surface area contributed by atoms with E-state index in [0.29, 0.717) is 13.2 Å². The molecular formula is C19H20O4. The molecule has 2 atom stereocenters. The maximum atomic E-state index is 5.74. The number of benzene rings is 2. The molecule has 2 saturated heterocycles. The van der Waals surface area contributed by atoms with Crippen LogP contribution in [0.1, 0.15) is 11.1 Å². The van der Waals surface area contributed by atoms with Crippen LogP contribution < -0.4 is 9.47 Å². The van der Waals surface area contributed by atoms with Crippen LogP contribution in [0.5, 0.6) is 11.5 Å². The second-order valence-corrected chi connectivity index (χ2v) is 6.00. The van der Waals surface area contributed by atoms with E-state index in [-0.39, 0.29) is 12.2 Å². The molecule has 2 unspecified atom stereocenters. The Morgan fingerprint density at radius 1 is 0.783 bits per heavy atom. The Hall–Kier alpha value is -2.04. The summed E-state index contributed by atoms with van der Waals surface area (Å²) in [4.78, 5) is 0. The second-order valence-electron chi connectivity index (χ2n) is 6.00. The van der Waals surface area contributed by atoms with Crippen molar-refractivity contribution >= 4 is 0 Å². The summed E-state index contributed by atoms with van der Waals surface area (Å²) < 4.78 is 21.8. The summed E-state index contributed by atoms with van der Waals surface area (Å²) in [6.45, 7) is 2.91. The first-order chi connectivity index (χ1) is 11.3. The molecule has 0 N–H and O–H groups in total. The van der Waals surface area contributed by atoms with Gasteiger partial charge in [-0.05, 0) is 41.8 Å². The van der Waals surface area contributed by atoms with Crippen molar-refractivity contribution in [1.29, 1.82) is 0 Å². The third-order valence-electron chi connectivity index (χ3n) is 3.88. The number of epoxide rings is 2. The van der Waals surface area contributed by atoms with Crippen molar-refractivity contribution in [3.8, 4) is 11.5 Å². The fourth-order valence-corrected chi connectivity index (χ4v) is 2.43. The van der Waals surface area contributed by atoms with Crippen molar-refractivity contribution in [2.75, 3.05) is 26.4 Å². The van der Waals surface area contributed by atoms with Gasteiger partial charge in [0.05, 0.1) is 13.2 Å². The zero-order valence-corrected chi connectivity index (χ0v) is 12.9. The van der Waals surface area contributed by atoms with Crippen molar-refractivity contribution in [3.63, 3.8) is 0 Å². The lowest BCUT2D eigenvalue weighted by Gasteiger charge is -2.09. The molecule has 2 aliphatic rings. The van der Waals surface area contributed by atoms with E-state index >= 15 is 0 Å². The molecule has 2 heterocycles. The molecule has 4 heteroatoms. The van der Waals surface area contributed by atoms with E-state index in [1.54, 1.807) is 0 Å². The quantitative estimate of drug-likeness (QED) is 0.703. The molecule has 2 fully saturated rings. The van der Waals surface area contributed by atoms with Gasteiger partial charge in [-0.25, -0.2) is 0 Å². The first kappa shape index (κ1) is 14.5. The Morgan fingerprint density at radius 2 is 1.26 bits per heavy atom. The SMILES string of the molecule is c1cc(Cc2cccc(OCC3CO3)c2)cc(OCC2CO2)c1. The summed E-state index contributed by atoms with van der Waals surface area (Å²) in [6.07, 6.45) is 1.42. The number of ether oxygens (including phenoxy) is 4. The van der Waals surface area contributed by atoms with Crippen molar-refractivity contribution in [2.24, 2.45) is 0 Å². The van der Waals surface area contributed by atoms with Crippen LogP contribution in [-0.4, -0.2) is 38.6 Å². The first-order valence-corrected chi connectivity index (χ1v) is 8.02. The second kappa shape index (κ2) is 6.60. The smallest absolute Gasteiger partial charge is 0.119 e. The van der Waals surface area contributed by atoms with Gasteiger partial charge in [-0.2, -0.15) is 0 Å². The minimum Gasteiger partial charge on any atom is -0.491 e. The van der Waals surface area contributed by atoms with E-state index in [4.69, 9.17) is 18.9 Å². The fourth-order valence-electron chi connectivity index (χ4n) is 2.43. The normalized spacial score (nSPS) is 21.7. The molecule has 2 aromatic rings. The monoisotopic (exact) mass is 312 g/mol. The van der Waals surface area contributed by atoms with E-state index in [1.807, 2.05) is 24.3 Å². The molecule has 120 valence electrons. The summed E-state index contributed by atoms with van der Waals surface area (Å²) in [6, 6.07) is 16.5. The molecular weight excluding hydrogens is 292 g/mol. The van der Waals surface area contributed by atoms with Crippen LogP contribution >= 0.6 is 0 Å². The van der Waals surface area contributed by atoms with Gasteiger partial charge in [0.25, 0.3) is 0 Å². The lowest BCUT2D eigenvalue weighted by atomic mass is 10.0. The highest BCUT2D eigenvalue weighted by Gasteiger charge is 2.23. The Bertz CT molecular complexity index is 604. The Balaban J connectivity index is 1.37. The summed E-state index contributed by atoms with van der Waals surface area (Å²) in [5.41, 5.74) is 2.45. The highest BCUT2D eigenvalue weighted by molar-refractivity contribution is 5.35. The summed E-state index contributed by atoms with van der Waals surface area (Å²) >= 11 is 0. The van der Waals surface area contributed by atoms with Crippen LogP contribution in [0.3, 0.4) is 0 Å². The minimum atomic E-state index is 0.280. The topological polar surface area (TPSA) is 43.5 Å². The average Bonchev–Trinajstić information content (AvgIpc) is 3.47. The third-order valence-corrected chi connectivity index (χ3v) is 3.88. The number of hydrogen-bond donors (Lipinski definition) is 0. The first-order valence-electron chi connectivity index (χ1n) is 8.02. The Labute approximate surface area is 135 Å². The van der Waals surface area contributed by atoms with Gasteiger partial charge < -0.3 is 18.9 Å². The largest absolute Gasteiger partial charge is 0.491 e. The van der Waals surface area contributed by atoms with Gasteiger partial charge in [0.1, 0.15) is 36.9 Å². The molecule has 2 aromatic carbocycles. The highest BCUT2D eigenvalue weighted by Crippen LogP contribution is 2.21. The minimum absolute atomic E-state index is 0.280. The standard InChI is InChI=1S/C19H20O4/c1-3-14(8-16(5-1)20-10-18-12-22-18)7-15-4-2-6-17(9-15)21-11-19-13-23-19/h1-6,8-9,18-19H,7,10-13H2. The predicted octanol–water partition coefficient (Wildman–Crippen LogP) is 2.83. The number of rotatable bonds is 8. The van der Waals surface area contributed by atoms with Gasteiger partial charge in [0, 0.05) is 0 Å². The Morgan fingerprint density at radius 3 is 1.70 bits per heavy atom. The summed E-state index contributed by atoms with van der Waals surface area (Å²) in [5, 5.41) is 0. The highest BCUT2D eigenvalue weighted by atomic mass is 16.6. The van der Waals surface area contributed by atoms with E-state index in [1.165, 1.54) is 11.1 Å². The molecule has 23 heavy (non-hydrogen) atoms. The van der Waals surface area contributed by atoms with Gasteiger partial charge in [-0.1, -0.05) is 24.3 Å². The van der Waals surface area contributed by atoms with Crippen molar-refractivity contribution in [2.45, 2.75) is 18.6 Å². The van der Waals surface area contributed by atoms with Gasteiger partial charge in [-0.3, -0.25) is 0 Å². The molecule has 0 aromatic heterocycles. The van der Waals surface area contributed by atoms with Crippen LogP contribution in [0.25, 0.3) is 0 Å². The van der Waals surface area contributed by atoms with Crippen molar-refractivity contribution in [1.82, 2.24) is 0 Å². The third kappa shape index (κ3) is 4.47. The van der Waals surface area contributed by atoms with Gasteiger partial charge in [0.15, 0.2) is 0 Å². The predicted molar refractivity (Wildman–Crippen MR) is 86.2 cm³/mol. The van der Waals surface area contributed by atoms with Crippen LogP contribution in [0.2, 0.25) is 0 Å². The van der Waals surface area contributed by atoms with E-state index in [0.717, 1.165) is 31.1 Å². The lowest BCUT2D eigenvalue weighted by Crippen LogP contribution is -2.04. The molecule has 0 radical (unpaired) electrons. The molecule has 0 saturated carbocycles. The molecule has 2 aliphatic heterocycles. The molecule has 4 nitrogen and oxygen atoms in total.